The summed E-state index contributed by atoms with van der Waals surface area (Å²) in [5.74, 6) is -1.17. The molecule has 108 valence electrons. The van der Waals surface area contributed by atoms with Gasteiger partial charge in [-0.3, -0.25) is 4.68 Å². The molecule has 6 heteroatoms. The monoisotopic (exact) mass is 281 g/mol. The molecule has 0 bridgehead atoms. The van der Waals surface area contributed by atoms with E-state index in [4.69, 9.17) is 0 Å². The van der Waals surface area contributed by atoms with E-state index in [1.165, 1.54) is 0 Å². The third kappa shape index (κ3) is 3.85. The Hall–Kier alpha value is -1.79. The lowest BCUT2D eigenvalue weighted by Gasteiger charge is -2.12. The van der Waals surface area contributed by atoms with E-state index < -0.39 is 17.7 Å². The van der Waals surface area contributed by atoms with E-state index in [0.717, 1.165) is 23.9 Å². The van der Waals surface area contributed by atoms with Gasteiger partial charge in [-0.25, -0.2) is 8.78 Å². The number of hydrogen-bond acceptors (Lipinski definition) is 3. The van der Waals surface area contributed by atoms with Crippen LogP contribution in [0.2, 0.25) is 0 Å². The molecule has 2 rings (SSSR count). The summed E-state index contributed by atoms with van der Waals surface area (Å²) >= 11 is 0. The second-order valence-corrected chi connectivity index (χ2v) is 4.62. The number of rotatable bonds is 6. The molecule has 1 heterocycles. The smallest absolute Gasteiger partial charge is 0.129 e. The van der Waals surface area contributed by atoms with Gasteiger partial charge in [0.05, 0.1) is 11.8 Å². The molecular weight excluding hydrogens is 264 g/mol. The lowest BCUT2D eigenvalue weighted by molar-refractivity contribution is 0.170. The molecule has 0 aliphatic rings. The zero-order chi connectivity index (χ0) is 14.5. The van der Waals surface area contributed by atoms with Crippen LogP contribution < -0.4 is 5.32 Å². The molecule has 0 saturated carbocycles. The Balaban J connectivity index is 1.80. The van der Waals surface area contributed by atoms with Crippen molar-refractivity contribution in [3.05, 3.63) is 53.4 Å². The molecular formula is C14H17F2N3O. The molecule has 0 radical (unpaired) electrons. The van der Waals surface area contributed by atoms with Crippen LogP contribution in [-0.2, 0) is 13.5 Å². The first kappa shape index (κ1) is 14.6. The average molecular weight is 281 g/mol. The van der Waals surface area contributed by atoms with Crippen LogP contribution in [0.3, 0.4) is 0 Å². The zero-order valence-corrected chi connectivity index (χ0v) is 11.2. The predicted octanol–water partition coefficient (Wildman–Crippen LogP) is 1.56. The van der Waals surface area contributed by atoms with Gasteiger partial charge in [0.2, 0.25) is 0 Å². The molecule has 0 aliphatic heterocycles. The van der Waals surface area contributed by atoms with Crippen molar-refractivity contribution in [3.8, 4) is 0 Å². The summed E-state index contributed by atoms with van der Waals surface area (Å²) in [6.45, 7) is 0.762. The largest absolute Gasteiger partial charge is 0.387 e. The van der Waals surface area contributed by atoms with Crippen molar-refractivity contribution >= 4 is 0 Å². The SMILES string of the molecule is Cn1ccc(CCNCC(O)c2cc(F)ccc2F)n1. The fourth-order valence-electron chi connectivity index (χ4n) is 1.93. The minimum absolute atomic E-state index is 0.0321. The maximum atomic E-state index is 13.4. The molecule has 2 N–H and O–H groups in total. The van der Waals surface area contributed by atoms with Crippen molar-refractivity contribution in [2.45, 2.75) is 12.5 Å². The number of aromatic nitrogens is 2. The topological polar surface area (TPSA) is 50.1 Å². The van der Waals surface area contributed by atoms with Crippen LogP contribution >= 0.6 is 0 Å². The number of hydrogen-bond donors (Lipinski definition) is 2. The quantitative estimate of drug-likeness (QED) is 0.790. The molecule has 2 aromatic rings. The van der Waals surface area contributed by atoms with Crippen LogP contribution in [0.1, 0.15) is 17.4 Å². The number of aliphatic hydroxyl groups excluding tert-OH is 1. The highest BCUT2D eigenvalue weighted by atomic mass is 19.1. The molecule has 1 aromatic heterocycles. The fraction of sp³-hybridized carbons (Fsp3) is 0.357. The first-order valence-electron chi connectivity index (χ1n) is 6.38. The van der Waals surface area contributed by atoms with Gasteiger partial charge in [-0.1, -0.05) is 0 Å². The Morgan fingerprint density at radius 1 is 1.35 bits per heavy atom. The van der Waals surface area contributed by atoms with Gasteiger partial charge in [0.1, 0.15) is 11.6 Å². The van der Waals surface area contributed by atoms with Crippen LogP contribution in [0.4, 0.5) is 8.78 Å². The van der Waals surface area contributed by atoms with E-state index in [0.29, 0.717) is 13.0 Å². The molecule has 0 fully saturated rings. The first-order chi connectivity index (χ1) is 9.56. The van der Waals surface area contributed by atoms with Gasteiger partial charge in [-0.2, -0.15) is 5.10 Å². The Labute approximate surface area is 116 Å². The predicted molar refractivity (Wildman–Crippen MR) is 71.1 cm³/mol. The van der Waals surface area contributed by atoms with E-state index in [2.05, 4.69) is 10.4 Å². The van der Waals surface area contributed by atoms with Gasteiger partial charge >= 0.3 is 0 Å². The molecule has 4 nitrogen and oxygen atoms in total. The van der Waals surface area contributed by atoms with Crippen LogP contribution in [-0.4, -0.2) is 28.0 Å². The molecule has 0 saturated heterocycles. The van der Waals surface area contributed by atoms with E-state index in [-0.39, 0.29) is 12.1 Å². The zero-order valence-electron chi connectivity index (χ0n) is 11.2. The summed E-state index contributed by atoms with van der Waals surface area (Å²) in [6.07, 6.45) is 1.49. The van der Waals surface area contributed by atoms with Crippen LogP contribution in [0.25, 0.3) is 0 Å². The van der Waals surface area contributed by atoms with Crippen molar-refractivity contribution in [2.24, 2.45) is 7.05 Å². The fourth-order valence-corrected chi connectivity index (χ4v) is 1.93. The molecule has 0 spiro atoms. The van der Waals surface area contributed by atoms with E-state index in [1.54, 1.807) is 4.68 Å². The van der Waals surface area contributed by atoms with E-state index in [1.807, 2.05) is 19.3 Å². The summed E-state index contributed by atoms with van der Waals surface area (Å²) in [7, 11) is 1.84. The molecule has 1 unspecified atom stereocenters. The summed E-state index contributed by atoms with van der Waals surface area (Å²) in [5.41, 5.74) is 0.904. The molecule has 1 atom stereocenters. The summed E-state index contributed by atoms with van der Waals surface area (Å²) in [6, 6.07) is 4.96. The van der Waals surface area contributed by atoms with Crippen molar-refractivity contribution in [1.29, 1.82) is 0 Å². The van der Waals surface area contributed by atoms with Gasteiger partial charge in [-0.15, -0.1) is 0 Å². The summed E-state index contributed by atoms with van der Waals surface area (Å²) < 4.78 is 28.2. The number of aliphatic hydroxyl groups is 1. The minimum Gasteiger partial charge on any atom is -0.387 e. The maximum absolute atomic E-state index is 13.4. The Morgan fingerprint density at radius 2 is 2.15 bits per heavy atom. The van der Waals surface area contributed by atoms with Crippen molar-refractivity contribution < 1.29 is 13.9 Å². The van der Waals surface area contributed by atoms with Crippen LogP contribution in [0.15, 0.2) is 30.5 Å². The standard InChI is InChI=1S/C14H17F2N3O/c1-19-7-5-11(18-19)4-6-17-9-14(20)12-8-10(15)2-3-13(12)16/h2-3,5,7-8,14,17,20H,4,6,9H2,1H3. The number of benzene rings is 1. The van der Waals surface area contributed by atoms with Gasteiger partial charge in [0.15, 0.2) is 0 Å². The average Bonchev–Trinajstić information content (AvgIpc) is 2.83. The van der Waals surface area contributed by atoms with Gasteiger partial charge in [0.25, 0.3) is 0 Å². The second kappa shape index (κ2) is 6.58. The third-order valence-electron chi connectivity index (χ3n) is 2.98. The molecule has 0 aliphatic carbocycles. The lowest BCUT2D eigenvalue weighted by atomic mass is 10.1. The Bertz CT molecular complexity index is 571. The molecule has 1 aromatic carbocycles. The molecule has 0 amide bonds. The van der Waals surface area contributed by atoms with Gasteiger partial charge in [0, 0.05) is 38.3 Å². The number of nitrogens with zero attached hydrogens (tertiary/aromatic N) is 2. The summed E-state index contributed by atoms with van der Waals surface area (Å²) in [4.78, 5) is 0. The van der Waals surface area contributed by atoms with Crippen molar-refractivity contribution in [3.63, 3.8) is 0 Å². The first-order valence-corrected chi connectivity index (χ1v) is 6.38. The lowest BCUT2D eigenvalue weighted by Crippen LogP contribution is -2.24. The number of halogens is 2. The maximum Gasteiger partial charge on any atom is 0.129 e. The highest BCUT2D eigenvalue weighted by Crippen LogP contribution is 2.17. The van der Waals surface area contributed by atoms with Crippen molar-refractivity contribution in [1.82, 2.24) is 15.1 Å². The number of nitrogens with one attached hydrogen (secondary N) is 1. The van der Waals surface area contributed by atoms with Crippen molar-refractivity contribution in [2.75, 3.05) is 13.1 Å². The Kier molecular flexibility index (Phi) is 4.81. The third-order valence-corrected chi connectivity index (χ3v) is 2.98. The van der Waals surface area contributed by atoms with E-state index >= 15 is 0 Å². The van der Waals surface area contributed by atoms with Crippen LogP contribution in [0, 0.1) is 11.6 Å². The minimum atomic E-state index is -1.07. The highest BCUT2D eigenvalue weighted by Gasteiger charge is 2.13. The number of aryl methyl sites for hydroxylation is 1. The summed E-state index contributed by atoms with van der Waals surface area (Å²) in [5, 5.41) is 17.1. The normalized spacial score (nSPS) is 12.6. The second-order valence-electron chi connectivity index (χ2n) is 4.62. The highest BCUT2D eigenvalue weighted by molar-refractivity contribution is 5.21. The van der Waals surface area contributed by atoms with E-state index in [9.17, 15) is 13.9 Å². The van der Waals surface area contributed by atoms with Gasteiger partial charge < -0.3 is 10.4 Å². The Morgan fingerprint density at radius 3 is 2.85 bits per heavy atom. The van der Waals surface area contributed by atoms with Crippen LogP contribution in [0.5, 0.6) is 0 Å². The molecule has 20 heavy (non-hydrogen) atoms. The van der Waals surface area contributed by atoms with Gasteiger partial charge in [-0.05, 0) is 24.3 Å².